The standard InChI is InChI=1S/C52H30N4O2/c53-31-33-9-7-15-41(21-33)55(39-11-3-1-4-12-39)43-19-17-35-25-45-47-29-48-46-26-36-18-20-44(56(40-13-5-2-6-14-40)42-16-8-10-34(22-42)32-54)24-38(36)28-50(46)58-52(48)30-51(47)57-49(45)27-37(35)23-43/h1-30H. The molecule has 2 aromatic heterocycles. The molecule has 0 fully saturated rings. The third kappa shape index (κ3) is 5.48. The van der Waals surface area contributed by atoms with Crippen molar-refractivity contribution >= 4 is 99.5 Å². The van der Waals surface area contributed by atoms with Crippen molar-refractivity contribution in [3.05, 3.63) is 193 Å². The fourth-order valence-electron chi connectivity index (χ4n) is 8.26. The third-order valence-corrected chi connectivity index (χ3v) is 11.0. The molecule has 0 radical (unpaired) electrons. The molecular formula is C52H30N4O2. The van der Waals surface area contributed by atoms with Crippen molar-refractivity contribution in [3.63, 3.8) is 0 Å². The summed E-state index contributed by atoms with van der Waals surface area (Å²) in [5.41, 5.74) is 10.1. The zero-order valence-electron chi connectivity index (χ0n) is 30.9. The summed E-state index contributed by atoms with van der Waals surface area (Å²) in [7, 11) is 0. The number of fused-ring (bicyclic) bond motifs is 8. The van der Waals surface area contributed by atoms with Gasteiger partial charge in [0.05, 0.1) is 23.3 Å². The van der Waals surface area contributed by atoms with Crippen molar-refractivity contribution < 1.29 is 8.83 Å². The Kier molecular flexibility index (Phi) is 7.50. The van der Waals surface area contributed by atoms with E-state index in [1.807, 2.05) is 91.0 Å². The van der Waals surface area contributed by atoms with E-state index in [0.29, 0.717) is 11.1 Å². The van der Waals surface area contributed by atoms with Gasteiger partial charge in [-0.25, -0.2) is 0 Å². The van der Waals surface area contributed by atoms with Crippen molar-refractivity contribution in [3.8, 4) is 12.1 Å². The molecule has 0 unspecified atom stereocenters. The molecule has 0 aliphatic heterocycles. The molecule has 0 N–H and O–H groups in total. The van der Waals surface area contributed by atoms with Gasteiger partial charge < -0.3 is 18.6 Å². The number of furan rings is 2. The number of hydrogen-bond acceptors (Lipinski definition) is 6. The summed E-state index contributed by atoms with van der Waals surface area (Å²) in [4.78, 5) is 4.34. The second kappa shape index (κ2) is 13.2. The molecule has 2 heterocycles. The first-order chi connectivity index (χ1) is 28.6. The number of hydrogen-bond donors (Lipinski definition) is 0. The quantitative estimate of drug-likeness (QED) is 0.169. The van der Waals surface area contributed by atoms with Crippen LogP contribution in [0.5, 0.6) is 0 Å². The molecule has 6 nitrogen and oxygen atoms in total. The molecule has 0 saturated carbocycles. The predicted molar refractivity (Wildman–Crippen MR) is 235 cm³/mol. The first-order valence-corrected chi connectivity index (χ1v) is 19.0. The van der Waals surface area contributed by atoms with Crippen LogP contribution in [-0.4, -0.2) is 0 Å². The Morgan fingerprint density at radius 3 is 1.16 bits per heavy atom. The number of nitrogens with zero attached hydrogens (tertiary/aromatic N) is 4. The normalized spacial score (nSPS) is 11.4. The van der Waals surface area contributed by atoms with Crippen LogP contribution in [0.15, 0.2) is 191 Å². The van der Waals surface area contributed by atoms with E-state index in [2.05, 4.69) is 113 Å². The van der Waals surface area contributed by atoms with E-state index in [1.54, 1.807) is 0 Å². The first kappa shape index (κ1) is 33.1. The predicted octanol–water partition coefficient (Wildman–Crippen LogP) is 14.5. The van der Waals surface area contributed by atoms with Gasteiger partial charge in [-0.3, -0.25) is 0 Å². The molecule has 0 spiro atoms. The van der Waals surface area contributed by atoms with Gasteiger partial charge in [-0.1, -0.05) is 60.7 Å². The summed E-state index contributed by atoms with van der Waals surface area (Å²) >= 11 is 0. The Hall–Kier alpha value is -8.32. The molecule has 0 aliphatic rings. The van der Waals surface area contributed by atoms with Crippen LogP contribution in [0.1, 0.15) is 11.1 Å². The SMILES string of the molecule is N#Cc1cccc(N(c2ccccc2)c2ccc3cc4c(cc3c2)oc2cc3oc5cc6cc(N(c7ccccc7)c7cccc(C#N)c7)ccc6cc5c3cc24)c1. The first-order valence-electron chi connectivity index (χ1n) is 19.0. The molecule has 0 atom stereocenters. The summed E-state index contributed by atoms with van der Waals surface area (Å²) in [5.74, 6) is 0. The molecule has 9 aromatic carbocycles. The number of benzene rings is 9. The van der Waals surface area contributed by atoms with Crippen LogP contribution in [0.3, 0.4) is 0 Å². The van der Waals surface area contributed by atoms with Crippen molar-refractivity contribution in [1.29, 1.82) is 10.5 Å². The molecule has 0 amide bonds. The number of para-hydroxylation sites is 2. The van der Waals surface area contributed by atoms with Crippen LogP contribution < -0.4 is 9.80 Å². The maximum atomic E-state index is 9.64. The van der Waals surface area contributed by atoms with Crippen molar-refractivity contribution in [2.75, 3.05) is 9.80 Å². The van der Waals surface area contributed by atoms with Crippen LogP contribution in [0.4, 0.5) is 34.1 Å². The van der Waals surface area contributed by atoms with E-state index < -0.39 is 0 Å². The smallest absolute Gasteiger partial charge is 0.139 e. The van der Waals surface area contributed by atoms with Crippen LogP contribution in [0, 0.1) is 22.7 Å². The van der Waals surface area contributed by atoms with Crippen LogP contribution >= 0.6 is 0 Å². The van der Waals surface area contributed by atoms with Crippen molar-refractivity contribution in [1.82, 2.24) is 0 Å². The highest BCUT2D eigenvalue weighted by atomic mass is 16.3. The van der Waals surface area contributed by atoms with Gasteiger partial charge in [-0.05, 0) is 137 Å². The fraction of sp³-hybridized carbons (Fsp3) is 0. The summed E-state index contributed by atoms with van der Waals surface area (Å²) in [6, 6.07) is 66.1. The van der Waals surface area contributed by atoms with Crippen LogP contribution in [0.2, 0.25) is 0 Å². The summed E-state index contributed by atoms with van der Waals surface area (Å²) in [6.07, 6.45) is 0. The lowest BCUT2D eigenvalue weighted by molar-refractivity contribution is 0.656. The fourth-order valence-corrected chi connectivity index (χ4v) is 8.26. The number of rotatable bonds is 6. The molecule has 0 bridgehead atoms. The van der Waals surface area contributed by atoms with Gasteiger partial charge >= 0.3 is 0 Å². The highest BCUT2D eigenvalue weighted by Gasteiger charge is 2.19. The summed E-state index contributed by atoms with van der Waals surface area (Å²) in [5, 5.41) is 27.7. The van der Waals surface area contributed by atoms with Crippen molar-refractivity contribution in [2.24, 2.45) is 0 Å². The summed E-state index contributed by atoms with van der Waals surface area (Å²) < 4.78 is 13.1. The second-order valence-electron chi connectivity index (χ2n) is 14.5. The minimum Gasteiger partial charge on any atom is -0.456 e. The van der Waals surface area contributed by atoms with Gasteiger partial charge in [0.2, 0.25) is 0 Å². The van der Waals surface area contributed by atoms with Gasteiger partial charge in [0.15, 0.2) is 0 Å². The number of anilines is 6. The molecule has 0 aliphatic carbocycles. The van der Waals surface area contributed by atoms with Gasteiger partial charge in [-0.15, -0.1) is 0 Å². The highest BCUT2D eigenvalue weighted by molar-refractivity contribution is 6.18. The Balaban J connectivity index is 1.01. The van der Waals surface area contributed by atoms with E-state index in [4.69, 9.17) is 8.83 Å². The van der Waals surface area contributed by atoms with E-state index in [0.717, 1.165) is 99.5 Å². The lowest BCUT2D eigenvalue weighted by atomic mass is 10.0. The Morgan fingerprint density at radius 1 is 0.310 bits per heavy atom. The maximum Gasteiger partial charge on any atom is 0.139 e. The Labute approximate surface area is 332 Å². The molecule has 58 heavy (non-hydrogen) atoms. The Morgan fingerprint density at radius 2 is 0.707 bits per heavy atom. The van der Waals surface area contributed by atoms with E-state index in [-0.39, 0.29) is 0 Å². The maximum absolute atomic E-state index is 9.64. The summed E-state index contributed by atoms with van der Waals surface area (Å²) in [6.45, 7) is 0. The molecule has 0 saturated heterocycles. The van der Waals surface area contributed by atoms with E-state index in [1.165, 1.54) is 0 Å². The van der Waals surface area contributed by atoms with Crippen LogP contribution in [0.25, 0.3) is 65.4 Å². The van der Waals surface area contributed by atoms with Gasteiger partial charge in [0.25, 0.3) is 0 Å². The van der Waals surface area contributed by atoms with Crippen molar-refractivity contribution in [2.45, 2.75) is 0 Å². The third-order valence-electron chi connectivity index (χ3n) is 11.0. The average Bonchev–Trinajstić information content (AvgIpc) is 3.80. The highest BCUT2D eigenvalue weighted by Crippen LogP contribution is 2.42. The molecule has 6 heteroatoms. The van der Waals surface area contributed by atoms with Crippen LogP contribution in [-0.2, 0) is 0 Å². The second-order valence-corrected chi connectivity index (χ2v) is 14.5. The molecule has 270 valence electrons. The van der Waals surface area contributed by atoms with E-state index >= 15 is 0 Å². The molecule has 11 aromatic rings. The van der Waals surface area contributed by atoms with Gasteiger partial charge in [-0.2, -0.15) is 10.5 Å². The monoisotopic (exact) mass is 742 g/mol. The molecular weight excluding hydrogens is 713 g/mol. The molecule has 11 rings (SSSR count). The zero-order valence-corrected chi connectivity index (χ0v) is 30.9. The number of nitriles is 2. The minimum absolute atomic E-state index is 0.606. The lowest BCUT2D eigenvalue weighted by Crippen LogP contribution is -2.09. The zero-order chi connectivity index (χ0) is 38.7. The lowest BCUT2D eigenvalue weighted by Gasteiger charge is -2.26. The average molecular weight is 743 g/mol. The topological polar surface area (TPSA) is 80.3 Å². The van der Waals surface area contributed by atoms with E-state index in [9.17, 15) is 10.5 Å². The largest absolute Gasteiger partial charge is 0.456 e. The van der Waals surface area contributed by atoms with Gasteiger partial charge in [0, 0.05) is 61.7 Å². The minimum atomic E-state index is 0.606. The Bertz CT molecular complexity index is 3270. The van der Waals surface area contributed by atoms with Gasteiger partial charge in [0.1, 0.15) is 22.3 Å².